The predicted molar refractivity (Wildman–Crippen MR) is 98.8 cm³/mol. The van der Waals surface area contributed by atoms with E-state index in [1.165, 1.54) is 0 Å². The molecule has 1 aromatic heterocycles. The van der Waals surface area contributed by atoms with Crippen LogP contribution in [0.1, 0.15) is 29.2 Å². The fourth-order valence-corrected chi connectivity index (χ4v) is 3.80. The van der Waals surface area contributed by atoms with Gasteiger partial charge in [0.05, 0.1) is 18.3 Å². The van der Waals surface area contributed by atoms with Crippen molar-refractivity contribution in [3.05, 3.63) is 53.1 Å². The Morgan fingerprint density at radius 1 is 1.31 bits per heavy atom. The number of carboxylic acid groups (broad SMARTS) is 1. The van der Waals surface area contributed by atoms with Crippen LogP contribution in [0.25, 0.3) is 0 Å². The van der Waals surface area contributed by atoms with Crippen LogP contribution in [0.5, 0.6) is 0 Å². The summed E-state index contributed by atoms with van der Waals surface area (Å²) in [6.07, 6.45) is -0.157. The van der Waals surface area contributed by atoms with Crippen molar-refractivity contribution in [2.75, 3.05) is 13.1 Å². The molecule has 2 atom stereocenters. The maximum absolute atomic E-state index is 12.1. The Bertz CT molecular complexity index is 787. The molecule has 1 saturated heterocycles. The second-order valence-corrected chi connectivity index (χ2v) is 7.38. The van der Waals surface area contributed by atoms with Crippen molar-refractivity contribution >= 4 is 5.97 Å². The van der Waals surface area contributed by atoms with E-state index in [0.717, 1.165) is 22.8 Å². The second kappa shape index (κ2) is 7.21. The minimum Gasteiger partial charge on any atom is -0.481 e. The van der Waals surface area contributed by atoms with Crippen molar-refractivity contribution in [1.82, 2.24) is 14.5 Å². The molecule has 26 heavy (non-hydrogen) atoms. The number of hydrogen-bond donors (Lipinski definition) is 2. The van der Waals surface area contributed by atoms with Crippen molar-refractivity contribution in [3.63, 3.8) is 0 Å². The van der Waals surface area contributed by atoms with Gasteiger partial charge < -0.3 is 14.8 Å². The lowest BCUT2D eigenvalue weighted by Crippen LogP contribution is -2.55. The van der Waals surface area contributed by atoms with Crippen LogP contribution < -0.4 is 0 Å². The fraction of sp³-hybridized carbons (Fsp3) is 0.500. The third-order valence-electron chi connectivity index (χ3n) is 5.81. The van der Waals surface area contributed by atoms with E-state index in [1.54, 1.807) is 0 Å². The van der Waals surface area contributed by atoms with Crippen molar-refractivity contribution in [3.8, 4) is 0 Å². The standard InChI is InChI=1S/C20H27N3O3/c1-14-15(2)22(3)18(21-14)13-23-10-9-20(19(25)26,17(24)12-23)11-16-7-5-4-6-8-16/h4-8,17,24H,9-13H2,1-3H3,(H,25,26)/t17-,20-/m1/s1. The van der Waals surface area contributed by atoms with Gasteiger partial charge in [-0.2, -0.15) is 0 Å². The molecule has 2 aromatic rings. The summed E-state index contributed by atoms with van der Waals surface area (Å²) >= 11 is 0. The number of likely N-dealkylation sites (tertiary alicyclic amines) is 1. The summed E-state index contributed by atoms with van der Waals surface area (Å²) in [6, 6.07) is 9.55. The Kier molecular flexibility index (Phi) is 5.16. The van der Waals surface area contributed by atoms with Crippen molar-refractivity contribution in [2.45, 2.75) is 39.3 Å². The molecular formula is C20H27N3O3. The zero-order valence-electron chi connectivity index (χ0n) is 15.6. The second-order valence-electron chi connectivity index (χ2n) is 7.38. The van der Waals surface area contributed by atoms with Crippen LogP contribution in [0.2, 0.25) is 0 Å². The lowest BCUT2D eigenvalue weighted by molar-refractivity contribution is -0.163. The number of benzene rings is 1. The number of aryl methyl sites for hydroxylation is 1. The highest BCUT2D eigenvalue weighted by molar-refractivity contribution is 5.76. The van der Waals surface area contributed by atoms with Crippen LogP contribution >= 0.6 is 0 Å². The number of aliphatic hydroxyl groups excluding tert-OH is 1. The molecule has 0 aliphatic carbocycles. The van der Waals surface area contributed by atoms with Crippen LogP contribution in [0, 0.1) is 19.3 Å². The summed E-state index contributed by atoms with van der Waals surface area (Å²) < 4.78 is 2.06. The average molecular weight is 357 g/mol. The smallest absolute Gasteiger partial charge is 0.312 e. The first kappa shape index (κ1) is 18.6. The molecule has 0 bridgehead atoms. The number of nitrogens with zero attached hydrogens (tertiary/aromatic N) is 3. The van der Waals surface area contributed by atoms with E-state index in [2.05, 4.69) is 14.5 Å². The quantitative estimate of drug-likeness (QED) is 0.855. The molecule has 0 unspecified atom stereocenters. The number of hydrogen-bond acceptors (Lipinski definition) is 4. The molecule has 0 spiro atoms. The topological polar surface area (TPSA) is 78.6 Å². The molecule has 1 aliphatic rings. The number of piperidine rings is 1. The highest BCUT2D eigenvalue weighted by atomic mass is 16.4. The molecule has 0 radical (unpaired) electrons. The van der Waals surface area contributed by atoms with E-state index in [-0.39, 0.29) is 0 Å². The molecule has 1 fully saturated rings. The average Bonchev–Trinajstić information content (AvgIpc) is 2.85. The first-order valence-electron chi connectivity index (χ1n) is 9.00. The van der Waals surface area contributed by atoms with Crippen LogP contribution in [-0.4, -0.2) is 49.8 Å². The molecule has 6 nitrogen and oxygen atoms in total. The number of β-amino-alcohol motifs (C(OH)–C–C–N with tert-alkyl or cyclic N) is 1. The maximum atomic E-state index is 12.1. The van der Waals surface area contributed by atoms with Crippen LogP contribution in [0.3, 0.4) is 0 Å². The van der Waals surface area contributed by atoms with Gasteiger partial charge in [-0.05, 0) is 38.8 Å². The summed E-state index contributed by atoms with van der Waals surface area (Å²) in [5.74, 6) is 0.0234. The van der Waals surface area contributed by atoms with Gasteiger partial charge >= 0.3 is 5.97 Å². The largest absolute Gasteiger partial charge is 0.481 e. The summed E-state index contributed by atoms with van der Waals surface area (Å²) in [4.78, 5) is 18.7. The first-order chi connectivity index (χ1) is 12.3. The van der Waals surface area contributed by atoms with Gasteiger partial charge in [-0.15, -0.1) is 0 Å². The van der Waals surface area contributed by atoms with E-state index < -0.39 is 17.5 Å². The Morgan fingerprint density at radius 2 is 2.00 bits per heavy atom. The van der Waals surface area contributed by atoms with Gasteiger partial charge in [0.1, 0.15) is 11.2 Å². The molecule has 0 saturated carbocycles. The number of aliphatic carboxylic acids is 1. The Morgan fingerprint density at radius 3 is 2.54 bits per heavy atom. The highest BCUT2D eigenvalue weighted by Gasteiger charge is 2.48. The van der Waals surface area contributed by atoms with E-state index in [4.69, 9.17) is 0 Å². The number of imidazole rings is 1. The van der Waals surface area contributed by atoms with Gasteiger partial charge in [-0.25, -0.2) is 4.98 Å². The van der Waals surface area contributed by atoms with E-state index in [9.17, 15) is 15.0 Å². The van der Waals surface area contributed by atoms with Crippen molar-refractivity contribution in [1.29, 1.82) is 0 Å². The molecule has 2 N–H and O–H groups in total. The molecule has 0 amide bonds. The Balaban J connectivity index is 1.75. The van der Waals surface area contributed by atoms with Crippen LogP contribution in [-0.2, 0) is 24.8 Å². The van der Waals surface area contributed by atoms with Crippen molar-refractivity contribution in [2.24, 2.45) is 12.5 Å². The molecule has 1 aromatic carbocycles. The fourth-order valence-electron chi connectivity index (χ4n) is 3.80. The van der Waals surface area contributed by atoms with Gasteiger partial charge in [-0.3, -0.25) is 9.69 Å². The number of aliphatic hydroxyl groups is 1. The summed E-state index contributed by atoms with van der Waals surface area (Å²) in [7, 11) is 1.99. The monoisotopic (exact) mass is 357 g/mol. The van der Waals surface area contributed by atoms with E-state index >= 15 is 0 Å². The van der Waals surface area contributed by atoms with Gasteiger partial charge in [-0.1, -0.05) is 30.3 Å². The minimum absolute atomic E-state index is 0.337. The lowest BCUT2D eigenvalue weighted by Gasteiger charge is -2.42. The zero-order valence-corrected chi connectivity index (χ0v) is 15.6. The van der Waals surface area contributed by atoms with E-state index in [1.807, 2.05) is 51.2 Å². The van der Waals surface area contributed by atoms with Gasteiger partial charge in [0.15, 0.2) is 0 Å². The first-order valence-corrected chi connectivity index (χ1v) is 9.00. The van der Waals surface area contributed by atoms with Gasteiger partial charge in [0.25, 0.3) is 0 Å². The normalized spacial score (nSPS) is 23.9. The maximum Gasteiger partial charge on any atom is 0.312 e. The Hall–Kier alpha value is -2.18. The summed E-state index contributed by atoms with van der Waals surface area (Å²) in [5.41, 5.74) is 1.94. The molecule has 1 aliphatic heterocycles. The number of rotatable bonds is 5. The minimum atomic E-state index is -1.13. The number of carbonyl (C=O) groups is 1. The molecule has 2 heterocycles. The van der Waals surface area contributed by atoms with Gasteiger partial charge in [0.2, 0.25) is 0 Å². The number of aromatic nitrogens is 2. The zero-order chi connectivity index (χ0) is 18.9. The van der Waals surface area contributed by atoms with Crippen molar-refractivity contribution < 1.29 is 15.0 Å². The molecule has 3 rings (SSSR count). The number of carboxylic acids is 1. The SMILES string of the molecule is Cc1nc(CN2CC[C@](Cc3ccccc3)(C(=O)O)[C@H](O)C2)n(C)c1C. The summed E-state index contributed by atoms with van der Waals surface area (Å²) in [6.45, 7) is 5.60. The predicted octanol–water partition coefficient (Wildman–Crippen LogP) is 1.92. The Labute approximate surface area is 154 Å². The molecule has 140 valence electrons. The van der Waals surface area contributed by atoms with Crippen LogP contribution in [0.15, 0.2) is 30.3 Å². The third kappa shape index (κ3) is 3.39. The summed E-state index contributed by atoms with van der Waals surface area (Å²) in [5, 5.41) is 20.7. The molecular weight excluding hydrogens is 330 g/mol. The van der Waals surface area contributed by atoms with Crippen LogP contribution in [0.4, 0.5) is 0 Å². The van der Waals surface area contributed by atoms with E-state index in [0.29, 0.717) is 32.5 Å². The van der Waals surface area contributed by atoms with Gasteiger partial charge in [0, 0.05) is 19.3 Å². The third-order valence-corrected chi connectivity index (χ3v) is 5.81. The molecule has 6 heteroatoms. The highest BCUT2D eigenvalue weighted by Crippen LogP contribution is 2.36. The lowest BCUT2D eigenvalue weighted by atomic mass is 9.71.